The van der Waals surface area contributed by atoms with Crippen molar-refractivity contribution in [2.24, 2.45) is 0 Å². The van der Waals surface area contributed by atoms with Gasteiger partial charge in [0.25, 0.3) is 5.91 Å². The Kier molecular flexibility index (Phi) is 6.02. The maximum absolute atomic E-state index is 12.3. The Balaban J connectivity index is 1.99. The molecule has 0 aliphatic rings. The first-order valence-corrected chi connectivity index (χ1v) is 8.48. The SMILES string of the molecule is CCC(NC(=O)COc1ccccc1C(C)(C)C)c1ccccc1. The number of carbonyl (C=O) groups excluding carboxylic acids is 1. The highest BCUT2D eigenvalue weighted by Crippen LogP contribution is 2.30. The van der Waals surface area contributed by atoms with E-state index >= 15 is 0 Å². The second-order valence-electron chi connectivity index (χ2n) is 6.97. The number of hydrogen-bond donors (Lipinski definition) is 1. The summed E-state index contributed by atoms with van der Waals surface area (Å²) in [6.45, 7) is 8.50. The van der Waals surface area contributed by atoms with Gasteiger partial charge in [-0.1, -0.05) is 76.2 Å². The van der Waals surface area contributed by atoms with Gasteiger partial charge in [-0.3, -0.25) is 4.79 Å². The van der Waals surface area contributed by atoms with Crippen molar-refractivity contribution in [1.29, 1.82) is 0 Å². The standard InChI is InChI=1S/C21H27NO2/c1-5-18(16-11-7-6-8-12-16)22-20(23)15-24-19-14-10-9-13-17(19)21(2,3)4/h6-14,18H,5,15H2,1-4H3,(H,22,23). The summed E-state index contributed by atoms with van der Waals surface area (Å²) >= 11 is 0. The van der Waals surface area contributed by atoms with E-state index in [0.717, 1.165) is 23.3 Å². The number of hydrogen-bond acceptors (Lipinski definition) is 2. The van der Waals surface area contributed by atoms with E-state index in [1.165, 1.54) is 0 Å². The Labute approximate surface area is 145 Å². The van der Waals surface area contributed by atoms with Crippen molar-refractivity contribution in [3.8, 4) is 5.75 Å². The number of rotatable bonds is 6. The summed E-state index contributed by atoms with van der Waals surface area (Å²) in [7, 11) is 0. The number of nitrogens with one attached hydrogen (secondary N) is 1. The second kappa shape index (κ2) is 8.00. The number of para-hydroxylation sites is 1. The average molecular weight is 325 g/mol. The first-order valence-electron chi connectivity index (χ1n) is 8.48. The fraction of sp³-hybridized carbons (Fsp3) is 0.381. The van der Waals surface area contributed by atoms with Crippen LogP contribution in [-0.2, 0) is 10.2 Å². The quantitative estimate of drug-likeness (QED) is 0.841. The highest BCUT2D eigenvalue weighted by molar-refractivity contribution is 5.78. The van der Waals surface area contributed by atoms with Gasteiger partial charge in [0, 0.05) is 0 Å². The van der Waals surface area contributed by atoms with Crippen molar-refractivity contribution in [3.05, 3.63) is 65.7 Å². The molecule has 1 N–H and O–H groups in total. The van der Waals surface area contributed by atoms with Crippen molar-refractivity contribution in [2.75, 3.05) is 6.61 Å². The van der Waals surface area contributed by atoms with Crippen LogP contribution in [-0.4, -0.2) is 12.5 Å². The second-order valence-corrected chi connectivity index (χ2v) is 6.97. The Hall–Kier alpha value is -2.29. The molecular weight excluding hydrogens is 298 g/mol. The molecule has 0 fully saturated rings. The molecule has 0 saturated carbocycles. The van der Waals surface area contributed by atoms with E-state index in [9.17, 15) is 4.79 Å². The molecule has 0 aliphatic heterocycles. The smallest absolute Gasteiger partial charge is 0.258 e. The van der Waals surface area contributed by atoms with Crippen LogP contribution in [0.25, 0.3) is 0 Å². The molecule has 2 aromatic carbocycles. The number of amides is 1. The third-order valence-electron chi connectivity index (χ3n) is 4.00. The van der Waals surface area contributed by atoms with Gasteiger partial charge < -0.3 is 10.1 Å². The molecular formula is C21H27NO2. The molecule has 0 spiro atoms. The minimum Gasteiger partial charge on any atom is -0.483 e. The number of benzene rings is 2. The molecule has 1 unspecified atom stereocenters. The van der Waals surface area contributed by atoms with Crippen LogP contribution in [0.2, 0.25) is 0 Å². The van der Waals surface area contributed by atoms with E-state index < -0.39 is 0 Å². The van der Waals surface area contributed by atoms with Gasteiger partial charge in [0.2, 0.25) is 0 Å². The predicted octanol–water partition coefficient (Wildman–Crippen LogP) is 4.63. The lowest BCUT2D eigenvalue weighted by molar-refractivity contribution is -0.123. The summed E-state index contributed by atoms with van der Waals surface area (Å²) in [6.07, 6.45) is 0.842. The normalized spacial score (nSPS) is 12.5. The molecule has 0 radical (unpaired) electrons. The largest absolute Gasteiger partial charge is 0.483 e. The zero-order valence-corrected chi connectivity index (χ0v) is 15.0. The van der Waals surface area contributed by atoms with Crippen molar-refractivity contribution in [3.63, 3.8) is 0 Å². The lowest BCUT2D eigenvalue weighted by Crippen LogP contribution is -2.32. The third-order valence-corrected chi connectivity index (χ3v) is 4.00. The van der Waals surface area contributed by atoms with Crippen LogP contribution in [0.15, 0.2) is 54.6 Å². The Bertz CT molecular complexity index is 659. The average Bonchev–Trinajstić information content (AvgIpc) is 2.58. The minimum atomic E-state index is -0.102. The molecule has 2 aromatic rings. The van der Waals surface area contributed by atoms with Gasteiger partial charge in [0.15, 0.2) is 6.61 Å². The molecule has 0 bridgehead atoms. The van der Waals surface area contributed by atoms with Gasteiger partial charge in [-0.05, 0) is 29.0 Å². The van der Waals surface area contributed by atoms with Crippen LogP contribution in [0, 0.1) is 0 Å². The fourth-order valence-electron chi connectivity index (χ4n) is 2.70. The van der Waals surface area contributed by atoms with Gasteiger partial charge in [0.05, 0.1) is 6.04 Å². The van der Waals surface area contributed by atoms with E-state index in [1.54, 1.807) is 0 Å². The zero-order chi connectivity index (χ0) is 17.6. The van der Waals surface area contributed by atoms with E-state index in [2.05, 4.69) is 33.0 Å². The molecule has 0 heterocycles. The molecule has 0 saturated heterocycles. The molecule has 0 aromatic heterocycles. The van der Waals surface area contributed by atoms with Gasteiger partial charge in [-0.25, -0.2) is 0 Å². The van der Waals surface area contributed by atoms with Crippen molar-refractivity contribution in [2.45, 2.75) is 45.6 Å². The molecule has 0 aliphatic carbocycles. The lowest BCUT2D eigenvalue weighted by atomic mass is 9.86. The van der Waals surface area contributed by atoms with E-state index in [-0.39, 0.29) is 24.0 Å². The molecule has 1 atom stereocenters. The Morgan fingerprint density at radius 2 is 1.67 bits per heavy atom. The molecule has 3 nitrogen and oxygen atoms in total. The summed E-state index contributed by atoms with van der Waals surface area (Å²) in [5.74, 6) is 0.669. The summed E-state index contributed by atoms with van der Waals surface area (Å²) in [6, 6.07) is 17.9. The molecule has 1 amide bonds. The van der Waals surface area contributed by atoms with Crippen LogP contribution in [0.1, 0.15) is 51.3 Å². The van der Waals surface area contributed by atoms with Gasteiger partial charge in [0.1, 0.15) is 5.75 Å². The first kappa shape index (κ1) is 18.1. The Morgan fingerprint density at radius 1 is 1.04 bits per heavy atom. The number of carbonyl (C=O) groups is 1. The highest BCUT2D eigenvalue weighted by atomic mass is 16.5. The number of ether oxygens (including phenoxy) is 1. The van der Waals surface area contributed by atoms with Crippen molar-refractivity contribution < 1.29 is 9.53 Å². The van der Waals surface area contributed by atoms with E-state index in [1.807, 2.05) is 54.6 Å². The monoisotopic (exact) mass is 325 g/mol. The van der Waals surface area contributed by atoms with Crippen LogP contribution < -0.4 is 10.1 Å². The summed E-state index contributed by atoms with van der Waals surface area (Å²) in [4.78, 5) is 12.3. The van der Waals surface area contributed by atoms with Crippen LogP contribution in [0.3, 0.4) is 0 Å². The summed E-state index contributed by atoms with van der Waals surface area (Å²) < 4.78 is 5.79. The maximum atomic E-state index is 12.3. The maximum Gasteiger partial charge on any atom is 0.258 e. The highest BCUT2D eigenvalue weighted by Gasteiger charge is 2.19. The van der Waals surface area contributed by atoms with Gasteiger partial charge >= 0.3 is 0 Å². The van der Waals surface area contributed by atoms with Crippen LogP contribution in [0.5, 0.6) is 5.75 Å². The van der Waals surface area contributed by atoms with Gasteiger partial charge in [-0.15, -0.1) is 0 Å². The molecule has 128 valence electrons. The topological polar surface area (TPSA) is 38.3 Å². The zero-order valence-electron chi connectivity index (χ0n) is 15.0. The molecule has 24 heavy (non-hydrogen) atoms. The summed E-state index contributed by atoms with van der Waals surface area (Å²) in [5, 5.41) is 3.05. The summed E-state index contributed by atoms with van der Waals surface area (Å²) in [5.41, 5.74) is 2.19. The first-order chi connectivity index (χ1) is 11.4. The minimum absolute atomic E-state index is 0.0140. The van der Waals surface area contributed by atoms with E-state index in [4.69, 9.17) is 4.74 Å². The van der Waals surface area contributed by atoms with Crippen molar-refractivity contribution in [1.82, 2.24) is 5.32 Å². The lowest BCUT2D eigenvalue weighted by Gasteiger charge is -2.23. The predicted molar refractivity (Wildman–Crippen MR) is 98.3 cm³/mol. The van der Waals surface area contributed by atoms with E-state index in [0.29, 0.717) is 0 Å². The fourth-order valence-corrected chi connectivity index (χ4v) is 2.70. The molecule has 2 rings (SSSR count). The van der Waals surface area contributed by atoms with Crippen molar-refractivity contribution >= 4 is 5.91 Å². The third kappa shape index (κ3) is 4.85. The van der Waals surface area contributed by atoms with Crippen LogP contribution >= 0.6 is 0 Å². The Morgan fingerprint density at radius 3 is 2.29 bits per heavy atom. The van der Waals surface area contributed by atoms with Gasteiger partial charge in [-0.2, -0.15) is 0 Å². The van der Waals surface area contributed by atoms with Crippen LogP contribution in [0.4, 0.5) is 0 Å². The molecule has 3 heteroatoms.